The summed E-state index contributed by atoms with van der Waals surface area (Å²) in [5.41, 5.74) is 52.1. The van der Waals surface area contributed by atoms with Crippen molar-refractivity contribution in [1.82, 2.24) is 71.9 Å². The number of carbonyl (C=O) groups excluding carboxylic acids is 6. The Balaban J connectivity index is 0. The van der Waals surface area contributed by atoms with Gasteiger partial charge in [-0.2, -0.15) is 0 Å². The molecule has 0 aliphatic carbocycles. The van der Waals surface area contributed by atoms with Crippen molar-refractivity contribution >= 4 is 36.2 Å². The average Bonchev–Trinajstić information content (AvgIpc) is 4.31. The van der Waals surface area contributed by atoms with E-state index in [1.54, 1.807) is 24.5 Å². The Hall–Kier alpha value is -4.86. The number of rotatable bonds is 26. The summed E-state index contributed by atoms with van der Waals surface area (Å²) in [6.07, 6.45) is 6.70. The number of carbonyl (C=O) groups is 6. The second-order valence-corrected chi connectivity index (χ2v) is 16.8. The van der Waals surface area contributed by atoms with Crippen LogP contribution in [0.1, 0.15) is 38.5 Å². The third-order valence-corrected chi connectivity index (χ3v) is 10.8. The quantitative estimate of drug-likeness (QED) is 0.0358. The first-order valence-electron chi connectivity index (χ1n) is 26.5. The van der Waals surface area contributed by atoms with Gasteiger partial charge in [-0.15, -0.1) is 0 Å². The lowest BCUT2D eigenvalue weighted by atomic mass is 10.2. The van der Waals surface area contributed by atoms with Crippen LogP contribution in [0.4, 0.5) is 28.8 Å². The highest BCUT2D eigenvalue weighted by Gasteiger charge is 2.27. The van der Waals surface area contributed by atoms with Crippen LogP contribution in [0.25, 0.3) is 0 Å². The number of unbranched alkanes of at least 4 members (excludes halogenated alkanes) is 4. The summed E-state index contributed by atoms with van der Waals surface area (Å²) in [7, 11) is 0. The van der Waals surface area contributed by atoms with Crippen LogP contribution in [-0.4, -0.2) is 275 Å². The fourth-order valence-corrected chi connectivity index (χ4v) is 6.79. The largest absolute Gasteiger partial charge is 0.336 e. The van der Waals surface area contributed by atoms with E-state index in [0.717, 1.165) is 150 Å². The molecule has 0 atom stereocenters. The first kappa shape index (κ1) is 71.2. The minimum atomic E-state index is -0.0463. The van der Waals surface area contributed by atoms with Gasteiger partial charge in [0.1, 0.15) is 0 Å². The van der Waals surface area contributed by atoms with E-state index in [2.05, 4.69) is 42.5 Å². The molecule has 6 aliphatic rings. The Morgan fingerprint density at radius 3 is 0.892 bits per heavy atom. The zero-order valence-corrected chi connectivity index (χ0v) is 44.8. The van der Waals surface area contributed by atoms with Crippen LogP contribution in [0.15, 0.2) is 0 Å². The molecular weight excluding hydrogens is 961 g/mol. The van der Waals surface area contributed by atoms with E-state index < -0.39 is 0 Å². The Morgan fingerprint density at radius 1 is 0.297 bits per heavy atom. The van der Waals surface area contributed by atoms with Crippen LogP contribution in [0.2, 0.25) is 0 Å². The highest BCUT2D eigenvalue weighted by Crippen LogP contribution is 2.06. The molecule has 0 unspecified atom stereocenters. The Labute approximate surface area is 441 Å². The van der Waals surface area contributed by atoms with Crippen molar-refractivity contribution in [3.63, 3.8) is 0 Å². The summed E-state index contributed by atoms with van der Waals surface area (Å²) in [5.74, 6) is 0. The maximum absolute atomic E-state index is 11.4. The van der Waals surface area contributed by atoms with Crippen molar-refractivity contribution in [3.05, 3.63) is 0 Å². The second-order valence-electron chi connectivity index (χ2n) is 16.8. The molecule has 0 bridgehead atoms. The minimum Gasteiger partial charge on any atom is -0.336 e. The topological polar surface area (TPSA) is 478 Å². The summed E-state index contributed by atoms with van der Waals surface area (Å²) in [6, 6.07) is 0.0818. The third kappa shape index (κ3) is 38.7. The van der Waals surface area contributed by atoms with E-state index in [1.807, 2.05) is 4.90 Å². The lowest BCUT2D eigenvalue weighted by molar-refractivity contribution is 0.194. The monoisotopic (exact) mass is 1060 g/mol. The zero-order valence-electron chi connectivity index (χ0n) is 44.8. The van der Waals surface area contributed by atoms with Crippen molar-refractivity contribution in [3.8, 4) is 0 Å². The molecule has 6 saturated heterocycles. The van der Waals surface area contributed by atoms with E-state index in [-0.39, 0.29) is 36.2 Å². The van der Waals surface area contributed by atoms with E-state index in [9.17, 15) is 28.8 Å². The standard InChI is InChI=1S/C8H14N4O2.C8H17N3O.C7H16N4O.C6H18N4.C5H11N3O.C5H14N2.C3H6N2O.C2H8N2/c13-7-9-1-3-11(7)5-6-12-4-2-10-8(12)14;9-4-2-1-3-6-11-7-5-10-8(11)12;8-1-3-10-5-6-11(4-2-9)7(10)12;7-1-3-9-5-6-10-4-2-8;6-1-3-8-4-2-7-5(8)9;6-4-2-1-3-5-7;6-3-4-1-2-5-3;3-1-2-4/h1-6H2,(H,9,13)(H,10,14);1-7,9H2,(H,10,12);1-6,8-9H2;9-10H,1-8H2;1-4,6H2,(H,7,9);1-7H2;1-2H2,(H2,4,5,6);1-4H2. The predicted octanol–water partition coefficient (Wildman–Crippen LogP) is -6.85. The van der Waals surface area contributed by atoms with Crippen LogP contribution in [0, 0.1) is 0 Å². The van der Waals surface area contributed by atoms with Gasteiger partial charge in [-0.05, 0) is 45.3 Å². The van der Waals surface area contributed by atoms with Crippen molar-refractivity contribution in [2.75, 3.05) is 209 Å². The van der Waals surface area contributed by atoms with Crippen molar-refractivity contribution in [1.29, 1.82) is 0 Å². The first-order valence-corrected chi connectivity index (χ1v) is 26.5. The number of nitrogens with zero attached hydrogens (tertiary/aromatic N) is 6. The number of hydrogen-bond donors (Lipinski definition) is 18. The molecule has 6 rings (SSSR count). The highest BCUT2D eigenvalue weighted by molar-refractivity contribution is 5.78. The molecule has 0 aromatic carbocycles. The molecule has 6 aliphatic heterocycles. The van der Waals surface area contributed by atoms with E-state index in [0.29, 0.717) is 91.6 Å². The van der Waals surface area contributed by atoms with Gasteiger partial charge < -0.3 is 129 Å². The molecule has 0 aromatic heterocycles. The van der Waals surface area contributed by atoms with Crippen molar-refractivity contribution in [2.24, 2.45) is 57.3 Å². The normalized spacial score (nSPS) is 16.1. The molecule has 28 N–H and O–H groups in total. The molecule has 6 fully saturated rings. The minimum absolute atomic E-state index is 0.0143. The summed E-state index contributed by atoms with van der Waals surface area (Å²) < 4.78 is 0. The second kappa shape index (κ2) is 51.6. The van der Waals surface area contributed by atoms with Gasteiger partial charge in [0.15, 0.2) is 0 Å². The fourth-order valence-electron chi connectivity index (χ4n) is 6.79. The molecule has 30 heteroatoms. The molecule has 12 amide bonds. The van der Waals surface area contributed by atoms with Crippen molar-refractivity contribution < 1.29 is 28.8 Å². The number of nitrogens with two attached hydrogens (primary N) is 10. The summed E-state index contributed by atoms with van der Waals surface area (Å²) in [6.45, 7) is 23.7. The highest BCUT2D eigenvalue weighted by atomic mass is 16.2. The third-order valence-electron chi connectivity index (χ3n) is 10.8. The van der Waals surface area contributed by atoms with Crippen LogP contribution in [0.5, 0.6) is 0 Å². The molecule has 0 saturated carbocycles. The molecule has 74 heavy (non-hydrogen) atoms. The van der Waals surface area contributed by atoms with E-state index in [4.69, 9.17) is 57.3 Å². The molecule has 0 aromatic rings. The lowest BCUT2D eigenvalue weighted by Gasteiger charge is -2.19. The SMILES string of the molecule is NCCCCCN.NCCCCCN1CCNC1=O.NCCN.NCCN1CCN(CCN)C1=O.NCCN1CCNC1=O.NCCNCCNCCN.O=C1NCCN1.O=C1NCCN1CCN1CCNC1=O. The van der Waals surface area contributed by atoms with Gasteiger partial charge in [0.2, 0.25) is 0 Å². The first-order chi connectivity index (χ1) is 35.9. The number of amides is 12. The van der Waals surface area contributed by atoms with Crippen LogP contribution >= 0.6 is 0 Å². The Kier molecular flexibility index (Phi) is 49.7. The van der Waals surface area contributed by atoms with Gasteiger partial charge in [0, 0.05) is 190 Å². The Bertz CT molecular complexity index is 1330. The van der Waals surface area contributed by atoms with Gasteiger partial charge >= 0.3 is 36.2 Å². The number of nitrogens with one attached hydrogen (secondary N) is 8. The number of hydrogen-bond acceptors (Lipinski definition) is 18. The molecule has 30 nitrogen and oxygen atoms in total. The number of urea groups is 6. The van der Waals surface area contributed by atoms with Crippen LogP contribution < -0.4 is 99.9 Å². The van der Waals surface area contributed by atoms with Gasteiger partial charge in [-0.25, -0.2) is 28.8 Å². The Morgan fingerprint density at radius 2 is 0.622 bits per heavy atom. The summed E-state index contributed by atoms with van der Waals surface area (Å²) in [4.78, 5) is 76.1. The predicted molar refractivity (Wildman–Crippen MR) is 294 cm³/mol. The smallest absolute Gasteiger partial charge is 0.320 e. The molecule has 436 valence electrons. The maximum Gasteiger partial charge on any atom is 0.320 e. The molecule has 0 spiro atoms. The van der Waals surface area contributed by atoms with E-state index in [1.165, 1.54) is 6.42 Å². The summed E-state index contributed by atoms with van der Waals surface area (Å²) >= 11 is 0. The van der Waals surface area contributed by atoms with Gasteiger partial charge in [-0.3, -0.25) is 0 Å². The molecule has 6 heterocycles. The van der Waals surface area contributed by atoms with Crippen LogP contribution in [0.3, 0.4) is 0 Å². The van der Waals surface area contributed by atoms with Gasteiger partial charge in [-0.1, -0.05) is 12.8 Å². The molecular formula is C44H104N24O6. The average molecular weight is 1070 g/mol. The van der Waals surface area contributed by atoms with Crippen LogP contribution in [-0.2, 0) is 0 Å². The lowest BCUT2D eigenvalue weighted by Crippen LogP contribution is -2.38. The maximum atomic E-state index is 11.4. The zero-order chi connectivity index (χ0) is 55.5. The summed E-state index contributed by atoms with van der Waals surface area (Å²) in [5, 5.41) is 22.4. The van der Waals surface area contributed by atoms with E-state index >= 15 is 0 Å². The fraction of sp³-hybridized carbons (Fsp3) is 0.864. The van der Waals surface area contributed by atoms with Gasteiger partial charge in [0.25, 0.3) is 0 Å². The van der Waals surface area contributed by atoms with Gasteiger partial charge in [0.05, 0.1) is 0 Å². The molecule has 0 radical (unpaired) electrons. The van der Waals surface area contributed by atoms with Crippen molar-refractivity contribution in [2.45, 2.75) is 38.5 Å².